The molecule has 3 aromatic rings. The van der Waals surface area contributed by atoms with Gasteiger partial charge in [-0.15, -0.1) is 0 Å². The molecule has 3 heterocycles. The number of hydrogen-bond acceptors (Lipinski definition) is 6. The molecule has 28 heavy (non-hydrogen) atoms. The van der Waals surface area contributed by atoms with Crippen LogP contribution in [0, 0.1) is 5.82 Å². The van der Waals surface area contributed by atoms with Crippen LogP contribution in [0.5, 0.6) is 5.88 Å². The maximum absolute atomic E-state index is 13.3. The molecule has 1 aliphatic rings. The van der Waals surface area contributed by atoms with Crippen LogP contribution in [-0.2, 0) is 0 Å². The number of nitrogens with one attached hydrogen (secondary N) is 1. The summed E-state index contributed by atoms with van der Waals surface area (Å²) in [5.41, 5.74) is 1.64. The Balaban J connectivity index is 1.73. The van der Waals surface area contributed by atoms with E-state index in [1.807, 2.05) is 4.90 Å². The van der Waals surface area contributed by atoms with Gasteiger partial charge in [0.05, 0.1) is 7.11 Å². The molecule has 1 saturated heterocycles. The summed E-state index contributed by atoms with van der Waals surface area (Å²) in [4.78, 5) is 19.3. The minimum atomic E-state index is -0.412. The Hall–Kier alpha value is -2.94. The Morgan fingerprint density at radius 2 is 2.00 bits per heavy atom. The number of methoxy groups -OCH3 is 1. The number of aromatic nitrogens is 2. The fraction of sp³-hybridized carbons (Fsp3) is 0.211. The molecular formula is C19H16BrFN4O3. The summed E-state index contributed by atoms with van der Waals surface area (Å²) < 4.78 is 24.6. The number of ether oxygens (including phenoxy) is 1. The van der Waals surface area contributed by atoms with Crippen molar-refractivity contribution in [2.75, 3.05) is 30.4 Å². The first kappa shape index (κ1) is 18.4. The number of hydrogen-bond donors (Lipinski definition) is 1. The molecule has 1 N–H and O–H groups in total. The Bertz CT molecular complexity index is 1020. The van der Waals surface area contributed by atoms with Crippen molar-refractivity contribution in [2.24, 2.45) is 0 Å². The van der Waals surface area contributed by atoms with E-state index < -0.39 is 5.91 Å². The summed E-state index contributed by atoms with van der Waals surface area (Å²) in [6, 6.07) is 9.13. The number of halogens is 2. The quantitative estimate of drug-likeness (QED) is 0.594. The SMILES string of the molecule is COc1nc(Br)ccc1NC(=O)c1c(-c2ccc(F)cc2)noc1N1CCC1. The highest BCUT2D eigenvalue weighted by molar-refractivity contribution is 9.10. The zero-order valence-electron chi connectivity index (χ0n) is 14.9. The highest BCUT2D eigenvalue weighted by Crippen LogP contribution is 2.35. The standard InChI is InChI=1S/C19H16BrFN4O3/c1-27-18-13(7-8-14(20)23-18)22-17(26)15-16(11-3-5-12(21)6-4-11)24-28-19(15)25-9-2-10-25/h3-8H,2,9-10H2,1H3,(H,22,26). The molecule has 0 spiro atoms. The van der Waals surface area contributed by atoms with Crippen molar-refractivity contribution < 1.29 is 18.4 Å². The normalized spacial score (nSPS) is 13.2. The summed E-state index contributed by atoms with van der Waals surface area (Å²) >= 11 is 3.27. The highest BCUT2D eigenvalue weighted by atomic mass is 79.9. The largest absolute Gasteiger partial charge is 0.479 e. The third-order valence-corrected chi connectivity index (χ3v) is 4.87. The topological polar surface area (TPSA) is 80.5 Å². The first-order chi connectivity index (χ1) is 13.6. The molecule has 0 atom stereocenters. The fourth-order valence-electron chi connectivity index (χ4n) is 2.88. The molecule has 1 amide bonds. The third-order valence-electron chi connectivity index (χ3n) is 4.43. The molecule has 2 aromatic heterocycles. The van der Waals surface area contributed by atoms with E-state index in [4.69, 9.17) is 9.26 Å². The number of carbonyl (C=O) groups excluding carboxylic acids is 1. The second kappa shape index (κ2) is 7.59. The van der Waals surface area contributed by atoms with Crippen LogP contribution in [0.25, 0.3) is 11.3 Å². The Morgan fingerprint density at radius 3 is 2.64 bits per heavy atom. The Kier molecular flexibility index (Phi) is 4.99. The monoisotopic (exact) mass is 446 g/mol. The van der Waals surface area contributed by atoms with Crippen LogP contribution < -0.4 is 15.0 Å². The van der Waals surface area contributed by atoms with Crippen molar-refractivity contribution in [3.63, 3.8) is 0 Å². The van der Waals surface area contributed by atoms with Gasteiger partial charge in [-0.3, -0.25) is 4.79 Å². The molecule has 0 unspecified atom stereocenters. The van der Waals surface area contributed by atoms with Crippen LogP contribution in [0.15, 0.2) is 45.5 Å². The number of nitrogens with zero attached hydrogens (tertiary/aromatic N) is 3. The van der Waals surface area contributed by atoms with Crippen molar-refractivity contribution >= 4 is 33.4 Å². The third kappa shape index (κ3) is 3.45. The number of anilines is 2. The molecule has 144 valence electrons. The fourth-order valence-corrected chi connectivity index (χ4v) is 3.17. The Labute approximate surface area is 168 Å². The number of benzene rings is 1. The predicted molar refractivity (Wildman–Crippen MR) is 105 cm³/mol. The molecule has 9 heteroatoms. The van der Waals surface area contributed by atoms with E-state index in [-0.39, 0.29) is 17.3 Å². The van der Waals surface area contributed by atoms with E-state index in [0.717, 1.165) is 19.5 Å². The summed E-state index contributed by atoms with van der Waals surface area (Å²) in [6.45, 7) is 1.56. The number of rotatable bonds is 5. The first-order valence-corrected chi connectivity index (χ1v) is 9.38. The highest BCUT2D eigenvalue weighted by Gasteiger charge is 2.30. The van der Waals surface area contributed by atoms with Crippen LogP contribution in [0.1, 0.15) is 16.8 Å². The number of amides is 1. The minimum Gasteiger partial charge on any atom is -0.479 e. The van der Waals surface area contributed by atoms with Gasteiger partial charge < -0.3 is 19.5 Å². The summed E-state index contributed by atoms with van der Waals surface area (Å²) in [6.07, 6.45) is 1.01. The van der Waals surface area contributed by atoms with Gasteiger partial charge in [0.2, 0.25) is 11.8 Å². The minimum absolute atomic E-state index is 0.271. The van der Waals surface area contributed by atoms with E-state index in [1.165, 1.54) is 19.2 Å². The average molecular weight is 447 g/mol. The molecule has 7 nitrogen and oxygen atoms in total. The van der Waals surface area contributed by atoms with Gasteiger partial charge in [-0.1, -0.05) is 5.16 Å². The van der Waals surface area contributed by atoms with Crippen LogP contribution >= 0.6 is 15.9 Å². The predicted octanol–water partition coefficient (Wildman–Crippen LogP) is 4.11. The molecule has 0 saturated carbocycles. The van der Waals surface area contributed by atoms with Gasteiger partial charge in [0.25, 0.3) is 5.91 Å². The maximum atomic E-state index is 13.3. The lowest BCUT2D eigenvalue weighted by Crippen LogP contribution is -2.38. The van der Waals surface area contributed by atoms with Gasteiger partial charge in [0.1, 0.15) is 27.4 Å². The summed E-state index contributed by atoms with van der Waals surface area (Å²) in [5.74, 6) is -0.114. The average Bonchev–Trinajstić information content (AvgIpc) is 3.06. The molecule has 1 fully saturated rings. The lowest BCUT2D eigenvalue weighted by molar-refractivity contribution is 0.102. The molecule has 1 aliphatic heterocycles. The van der Waals surface area contributed by atoms with Gasteiger partial charge in [-0.2, -0.15) is 0 Å². The van der Waals surface area contributed by atoms with E-state index in [9.17, 15) is 9.18 Å². The van der Waals surface area contributed by atoms with Crippen molar-refractivity contribution in [3.8, 4) is 17.1 Å². The number of pyridine rings is 1. The van der Waals surface area contributed by atoms with Crippen molar-refractivity contribution in [2.45, 2.75) is 6.42 Å². The van der Waals surface area contributed by atoms with Crippen LogP contribution in [-0.4, -0.2) is 36.2 Å². The van der Waals surface area contributed by atoms with Crippen LogP contribution in [0.3, 0.4) is 0 Å². The zero-order chi connectivity index (χ0) is 19.7. The molecule has 0 bridgehead atoms. The molecule has 1 aromatic carbocycles. The van der Waals surface area contributed by atoms with Crippen molar-refractivity contribution in [1.29, 1.82) is 0 Å². The lowest BCUT2D eigenvalue weighted by atomic mass is 10.1. The van der Waals surface area contributed by atoms with Gasteiger partial charge in [-0.05, 0) is 58.7 Å². The van der Waals surface area contributed by atoms with Crippen molar-refractivity contribution in [1.82, 2.24) is 10.1 Å². The van der Waals surface area contributed by atoms with Gasteiger partial charge in [0, 0.05) is 18.7 Å². The van der Waals surface area contributed by atoms with E-state index >= 15 is 0 Å². The maximum Gasteiger partial charge on any atom is 0.263 e. The zero-order valence-corrected chi connectivity index (χ0v) is 16.5. The number of carbonyl (C=O) groups is 1. The van der Waals surface area contributed by atoms with Gasteiger partial charge in [0.15, 0.2) is 0 Å². The Morgan fingerprint density at radius 1 is 1.25 bits per heavy atom. The van der Waals surface area contributed by atoms with Crippen LogP contribution in [0.4, 0.5) is 16.0 Å². The second-order valence-electron chi connectivity index (χ2n) is 6.20. The summed E-state index contributed by atoms with van der Waals surface area (Å²) in [7, 11) is 1.47. The lowest BCUT2D eigenvalue weighted by Gasteiger charge is -2.30. The first-order valence-electron chi connectivity index (χ1n) is 8.59. The molecule has 0 aliphatic carbocycles. The molecule has 4 rings (SSSR count). The van der Waals surface area contributed by atoms with Crippen LogP contribution in [0.2, 0.25) is 0 Å². The van der Waals surface area contributed by atoms with Gasteiger partial charge >= 0.3 is 0 Å². The summed E-state index contributed by atoms with van der Waals surface area (Å²) in [5, 5.41) is 6.89. The van der Waals surface area contributed by atoms with E-state index in [1.54, 1.807) is 24.3 Å². The van der Waals surface area contributed by atoms with Crippen molar-refractivity contribution in [3.05, 3.63) is 52.4 Å². The second-order valence-corrected chi connectivity index (χ2v) is 7.02. The van der Waals surface area contributed by atoms with Gasteiger partial charge in [-0.25, -0.2) is 9.37 Å². The van der Waals surface area contributed by atoms with E-state index in [0.29, 0.717) is 27.4 Å². The van der Waals surface area contributed by atoms with E-state index in [2.05, 4.69) is 31.4 Å². The molecule has 0 radical (unpaired) electrons. The smallest absolute Gasteiger partial charge is 0.263 e. The molecular weight excluding hydrogens is 431 g/mol.